The molecule has 2 atom stereocenters. The van der Waals surface area contributed by atoms with E-state index < -0.39 is 0 Å². The summed E-state index contributed by atoms with van der Waals surface area (Å²) in [6.07, 6.45) is 4.57. The second-order valence-corrected chi connectivity index (χ2v) is 8.34. The van der Waals surface area contributed by atoms with Crippen molar-refractivity contribution in [1.29, 1.82) is 0 Å². The van der Waals surface area contributed by atoms with Gasteiger partial charge in [-0.3, -0.25) is 0 Å². The molecule has 1 N–H and O–H groups in total. The highest BCUT2D eigenvalue weighted by Gasteiger charge is 2.30. The van der Waals surface area contributed by atoms with Gasteiger partial charge in [-0.05, 0) is 31.4 Å². The van der Waals surface area contributed by atoms with Crippen LogP contribution in [0.25, 0.3) is 0 Å². The summed E-state index contributed by atoms with van der Waals surface area (Å²) in [5, 5.41) is 4.62. The van der Waals surface area contributed by atoms with E-state index in [1.54, 1.807) is 0 Å². The van der Waals surface area contributed by atoms with Crippen molar-refractivity contribution in [3.05, 3.63) is 22.8 Å². The molecule has 3 heterocycles. The molecule has 0 radical (unpaired) electrons. The van der Waals surface area contributed by atoms with Gasteiger partial charge in [0.15, 0.2) is 0 Å². The third-order valence-corrected chi connectivity index (χ3v) is 7.48. The quantitative estimate of drug-likeness (QED) is 0.919. The molecule has 1 fully saturated rings. The Hall–Kier alpha value is -0.260. The Morgan fingerprint density at radius 3 is 2.86 bits per heavy atom. The maximum atomic E-state index is 5.02. The molecule has 0 bridgehead atoms. The highest BCUT2D eigenvalue weighted by molar-refractivity contribution is 8.06. The molecule has 2 aliphatic rings. The van der Waals surface area contributed by atoms with Crippen LogP contribution in [0.5, 0.6) is 0 Å². The molecule has 1 aromatic rings. The van der Waals surface area contributed by atoms with Crippen molar-refractivity contribution in [2.45, 2.75) is 56.6 Å². The molecule has 0 saturated carbocycles. The summed E-state index contributed by atoms with van der Waals surface area (Å²) in [5.74, 6) is 3.60. The molecular formula is C16H25N3S2. The van der Waals surface area contributed by atoms with E-state index in [1.807, 2.05) is 0 Å². The summed E-state index contributed by atoms with van der Waals surface area (Å²) in [6, 6.07) is 0. The SMILES string of the molecule is CCCc1nc(C2SCCSC2CC)nc2c1CCNC2. The van der Waals surface area contributed by atoms with E-state index in [2.05, 4.69) is 42.7 Å². The van der Waals surface area contributed by atoms with Gasteiger partial charge >= 0.3 is 0 Å². The maximum Gasteiger partial charge on any atom is 0.143 e. The molecular weight excluding hydrogens is 298 g/mol. The summed E-state index contributed by atoms with van der Waals surface area (Å²) in [6.45, 7) is 6.53. The van der Waals surface area contributed by atoms with E-state index in [1.165, 1.54) is 41.3 Å². The van der Waals surface area contributed by atoms with Crippen LogP contribution in [0.2, 0.25) is 0 Å². The highest BCUT2D eigenvalue weighted by atomic mass is 32.2. The Labute approximate surface area is 136 Å². The molecule has 2 aliphatic heterocycles. The second kappa shape index (κ2) is 7.34. The first-order valence-corrected chi connectivity index (χ1v) is 10.3. The lowest BCUT2D eigenvalue weighted by atomic mass is 10.0. The van der Waals surface area contributed by atoms with Crippen LogP contribution in [-0.2, 0) is 19.4 Å². The van der Waals surface area contributed by atoms with Crippen molar-refractivity contribution < 1.29 is 0 Å². The molecule has 1 aromatic heterocycles. The molecule has 1 saturated heterocycles. The number of hydrogen-bond acceptors (Lipinski definition) is 5. The Kier molecular flexibility index (Phi) is 5.46. The standard InChI is InChI=1S/C16H25N3S2/c1-3-5-12-11-6-7-17-10-13(11)19-16(18-12)15-14(4-2)20-8-9-21-15/h14-15,17H,3-10H2,1-2H3. The number of nitrogens with zero attached hydrogens (tertiary/aromatic N) is 2. The minimum Gasteiger partial charge on any atom is -0.311 e. The summed E-state index contributed by atoms with van der Waals surface area (Å²) in [7, 11) is 0. The molecule has 0 aromatic carbocycles. The maximum absolute atomic E-state index is 5.02. The number of nitrogens with one attached hydrogen (secondary N) is 1. The first-order chi connectivity index (χ1) is 10.3. The monoisotopic (exact) mass is 323 g/mol. The lowest BCUT2D eigenvalue weighted by molar-refractivity contribution is 0.601. The van der Waals surface area contributed by atoms with Crippen molar-refractivity contribution in [2.75, 3.05) is 18.1 Å². The summed E-state index contributed by atoms with van der Waals surface area (Å²) in [4.78, 5) is 9.99. The van der Waals surface area contributed by atoms with Gasteiger partial charge in [0.2, 0.25) is 0 Å². The average molecular weight is 324 g/mol. The molecule has 21 heavy (non-hydrogen) atoms. The van der Waals surface area contributed by atoms with Crippen LogP contribution in [0.3, 0.4) is 0 Å². The topological polar surface area (TPSA) is 37.8 Å². The van der Waals surface area contributed by atoms with Crippen LogP contribution in [0, 0.1) is 0 Å². The van der Waals surface area contributed by atoms with Crippen molar-refractivity contribution in [3.8, 4) is 0 Å². The average Bonchev–Trinajstić information content (AvgIpc) is 2.55. The zero-order chi connectivity index (χ0) is 14.7. The lowest BCUT2D eigenvalue weighted by Gasteiger charge is -2.30. The van der Waals surface area contributed by atoms with Crippen molar-refractivity contribution in [3.63, 3.8) is 0 Å². The van der Waals surface area contributed by atoms with Crippen LogP contribution >= 0.6 is 23.5 Å². The minimum atomic E-state index is 0.483. The lowest BCUT2D eigenvalue weighted by Crippen LogP contribution is -2.29. The number of aryl methyl sites for hydroxylation is 1. The van der Waals surface area contributed by atoms with Gasteiger partial charge in [-0.25, -0.2) is 9.97 Å². The largest absolute Gasteiger partial charge is 0.311 e. The van der Waals surface area contributed by atoms with Crippen molar-refractivity contribution >= 4 is 23.5 Å². The van der Waals surface area contributed by atoms with Crippen LogP contribution in [0.1, 0.15) is 54.7 Å². The van der Waals surface area contributed by atoms with Crippen LogP contribution < -0.4 is 5.32 Å². The normalized spacial score (nSPS) is 25.6. The van der Waals surface area contributed by atoms with Crippen molar-refractivity contribution in [1.82, 2.24) is 15.3 Å². The molecule has 0 amide bonds. The molecule has 0 aliphatic carbocycles. The smallest absolute Gasteiger partial charge is 0.143 e. The first kappa shape index (κ1) is 15.6. The molecule has 5 heteroatoms. The number of thioether (sulfide) groups is 2. The first-order valence-electron chi connectivity index (χ1n) is 8.16. The Morgan fingerprint density at radius 2 is 2.05 bits per heavy atom. The van der Waals surface area contributed by atoms with E-state index in [-0.39, 0.29) is 0 Å². The Balaban J connectivity index is 1.95. The fourth-order valence-corrected chi connectivity index (χ4v) is 6.16. The van der Waals surface area contributed by atoms with Crippen LogP contribution in [0.4, 0.5) is 0 Å². The van der Waals surface area contributed by atoms with E-state index >= 15 is 0 Å². The zero-order valence-corrected chi connectivity index (χ0v) is 14.7. The molecule has 0 spiro atoms. The van der Waals surface area contributed by atoms with E-state index in [4.69, 9.17) is 9.97 Å². The summed E-state index contributed by atoms with van der Waals surface area (Å²) >= 11 is 4.17. The van der Waals surface area contributed by atoms with Gasteiger partial charge in [0.1, 0.15) is 5.82 Å². The van der Waals surface area contributed by atoms with Crippen LogP contribution in [-0.4, -0.2) is 33.3 Å². The van der Waals surface area contributed by atoms with Gasteiger partial charge in [0.25, 0.3) is 0 Å². The van der Waals surface area contributed by atoms with Crippen molar-refractivity contribution in [2.24, 2.45) is 0 Å². The number of rotatable bonds is 4. The summed E-state index contributed by atoms with van der Waals surface area (Å²) in [5.41, 5.74) is 4.02. The molecule has 3 nitrogen and oxygen atoms in total. The number of fused-ring (bicyclic) bond motifs is 1. The van der Waals surface area contributed by atoms with Gasteiger partial charge in [-0.15, -0.1) is 11.8 Å². The molecule has 116 valence electrons. The van der Waals surface area contributed by atoms with Gasteiger partial charge < -0.3 is 5.32 Å². The van der Waals surface area contributed by atoms with E-state index in [0.717, 1.165) is 31.8 Å². The number of hydrogen-bond donors (Lipinski definition) is 1. The van der Waals surface area contributed by atoms with E-state index in [0.29, 0.717) is 10.5 Å². The highest BCUT2D eigenvalue weighted by Crippen LogP contribution is 2.43. The fraction of sp³-hybridized carbons (Fsp3) is 0.750. The van der Waals surface area contributed by atoms with E-state index in [9.17, 15) is 0 Å². The third-order valence-electron chi connectivity index (χ3n) is 4.23. The van der Waals surface area contributed by atoms with Gasteiger partial charge in [0, 0.05) is 29.0 Å². The predicted molar refractivity (Wildman–Crippen MR) is 93.2 cm³/mol. The second-order valence-electron chi connectivity index (χ2n) is 5.74. The zero-order valence-electron chi connectivity index (χ0n) is 13.0. The Bertz CT molecular complexity index is 493. The summed E-state index contributed by atoms with van der Waals surface area (Å²) < 4.78 is 0. The predicted octanol–water partition coefficient (Wildman–Crippen LogP) is 3.37. The minimum absolute atomic E-state index is 0.483. The molecule has 2 unspecified atom stereocenters. The number of aromatic nitrogens is 2. The van der Waals surface area contributed by atoms with Crippen LogP contribution in [0.15, 0.2) is 0 Å². The Morgan fingerprint density at radius 1 is 1.19 bits per heavy atom. The molecule has 3 rings (SSSR count). The van der Waals surface area contributed by atoms with Gasteiger partial charge in [-0.2, -0.15) is 11.8 Å². The fourth-order valence-electron chi connectivity index (χ4n) is 3.17. The third kappa shape index (κ3) is 3.40. The van der Waals surface area contributed by atoms with Gasteiger partial charge in [-0.1, -0.05) is 20.3 Å². The van der Waals surface area contributed by atoms with Gasteiger partial charge in [0.05, 0.1) is 10.9 Å².